The standard InChI is InChI=1S/C15H18F6N4O3/c1-23-6-22-10-9(23)11(26)25(12(27)24(10)2)5-7-3-8(4-7)13(28,14(16,17)18)15(19,20)21/h7-8,22,28H,3-6H2,1-2H3/t7-,8+. The van der Waals surface area contributed by atoms with Gasteiger partial charge in [0.25, 0.3) is 11.2 Å². The van der Waals surface area contributed by atoms with E-state index >= 15 is 0 Å². The van der Waals surface area contributed by atoms with Gasteiger partial charge in [-0.3, -0.25) is 13.9 Å². The van der Waals surface area contributed by atoms with E-state index in [0.717, 1.165) is 9.13 Å². The lowest BCUT2D eigenvalue weighted by molar-refractivity contribution is -0.393. The molecule has 2 N–H and O–H groups in total. The number of anilines is 2. The van der Waals surface area contributed by atoms with E-state index in [0.29, 0.717) is 5.82 Å². The molecule has 13 heteroatoms. The van der Waals surface area contributed by atoms with Crippen LogP contribution in [0.15, 0.2) is 9.59 Å². The number of hydrogen-bond donors (Lipinski definition) is 2. The maximum absolute atomic E-state index is 12.9. The van der Waals surface area contributed by atoms with Gasteiger partial charge in [0, 0.05) is 26.6 Å². The van der Waals surface area contributed by atoms with Crippen LogP contribution in [0.25, 0.3) is 0 Å². The summed E-state index contributed by atoms with van der Waals surface area (Å²) in [6.45, 7) is -0.0491. The molecular weight excluding hydrogens is 398 g/mol. The number of nitrogens with zero attached hydrogens (tertiary/aromatic N) is 3. The highest BCUT2D eigenvalue weighted by atomic mass is 19.4. The van der Waals surface area contributed by atoms with E-state index in [1.807, 2.05) is 0 Å². The Labute approximate surface area is 154 Å². The maximum Gasteiger partial charge on any atom is 0.426 e. The Morgan fingerprint density at radius 3 is 2.11 bits per heavy atom. The van der Waals surface area contributed by atoms with Gasteiger partial charge >= 0.3 is 18.0 Å². The van der Waals surface area contributed by atoms with Crippen LogP contribution >= 0.6 is 0 Å². The Kier molecular flexibility index (Phi) is 4.52. The van der Waals surface area contributed by atoms with Crippen molar-refractivity contribution in [2.75, 3.05) is 23.9 Å². The second-order valence-electron chi connectivity index (χ2n) is 7.28. The fourth-order valence-electron chi connectivity index (χ4n) is 3.84. The molecule has 0 bridgehead atoms. The molecule has 158 valence electrons. The Hall–Kier alpha value is -2.18. The van der Waals surface area contributed by atoms with Crippen LogP contribution in [-0.4, -0.2) is 45.9 Å². The monoisotopic (exact) mass is 416 g/mol. The van der Waals surface area contributed by atoms with Crippen LogP contribution < -0.4 is 21.5 Å². The van der Waals surface area contributed by atoms with Crippen molar-refractivity contribution in [2.45, 2.75) is 37.3 Å². The number of aromatic nitrogens is 2. The topological polar surface area (TPSA) is 79.5 Å². The van der Waals surface area contributed by atoms with Crippen LogP contribution in [0.4, 0.5) is 37.8 Å². The van der Waals surface area contributed by atoms with Crippen molar-refractivity contribution in [3.8, 4) is 0 Å². The number of hydrogen-bond acceptors (Lipinski definition) is 5. The molecule has 2 heterocycles. The summed E-state index contributed by atoms with van der Waals surface area (Å²) in [6, 6.07) is 0. The number of nitrogens with one attached hydrogen (secondary N) is 1. The molecule has 0 atom stereocenters. The van der Waals surface area contributed by atoms with Crippen LogP contribution in [0.5, 0.6) is 0 Å². The van der Waals surface area contributed by atoms with Crippen LogP contribution in [-0.2, 0) is 13.6 Å². The summed E-state index contributed by atoms with van der Waals surface area (Å²) < 4.78 is 79.4. The summed E-state index contributed by atoms with van der Waals surface area (Å²) >= 11 is 0. The first-order chi connectivity index (χ1) is 12.7. The van der Waals surface area contributed by atoms with E-state index in [2.05, 4.69) is 5.32 Å². The lowest BCUT2D eigenvalue weighted by Crippen LogP contribution is -2.64. The molecule has 0 spiro atoms. The summed E-state index contributed by atoms with van der Waals surface area (Å²) in [5.74, 6) is -2.57. The van der Waals surface area contributed by atoms with Crippen LogP contribution in [0.1, 0.15) is 12.8 Å². The first-order valence-corrected chi connectivity index (χ1v) is 8.34. The molecule has 1 fully saturated rings. The van der Waals surface area contributed by atoms with Crippen molar-refractivity contribution in [1.82, 2.24) is 9.13 Å². The van der Waals surface area contributed by atoms with Gasteiger partial charge in [0.1, 0.15) is 11.5 Å². The zero-order chi connectivity index (χ0) is 21.2. The molecule has 3 rings (SSSR count). The molecule has 28 heavy (non-hydrogen) atoms. The van der Waals surface area contributed by atoms with Crippen LogP contribution in [0.3, 0.4) is 0 Å². The molecule has 1 aliphatic heterocycles. The predicted octanol–water partition coefficient (Wildman–Crippen LogP) is 1.25. The smallest absolute Gasteiger partial charge is 0.373 e. The van der Waals surface area contributed by atoms with Gasteiger partial charge in [0.15, 0.2) is 0 Å². The maximum atomic E-state index is 12.9. The summed E-state index contributed by atoms with van der Waals surface area (Å²) in [5.41, 5.74) is -6.01. The molecule has 0 unspecified atom stereocenters. The third-order valence-electron chi connectivity index (χ3n) is 5.52. The fourth-order valence-corrected chi connectivity index (χ4v) is 3.84. The minimum atomic E-state index is -5.88. The minimum Gasteiger partial charge on any atom is -0.373 e. The van der Waals surface area contributed by atoms with Crippen molar-refractivity contribution in [3.05, 3.63) is 20.8 Å². The van der Waals surface area contributed by atoms with Gasteiger partial charge < -0.3 is 15.3 Å². The van der Waals surface area contributed by atoms with Crippen molar-refractivity contribution in [3.63, 3.8) is 0 Å². The average Bonchev–Trinajstić information content (AvgIpc) is 2.90. The Morgan fingerprint density at radius 1 is 1.07 bits per heavy atom. The zero-order valence-electron chi connectivity index (χ0n) is 14.9. The largest absolute Gasteiger partial charge is 0.426 e. The molecular formula is C15H18F6N4O3. The molecule has 0 amide bonds. The molecule has 0 radical (unpaired) electrons. The molecule has 1 saturated carbocycles. The van der Waals surface area contributed by atoms with Gasteiger partial charge in [-0.05, 0) is 18.8 Å². The summed E-state index contributed by atoms with van der Waals surface area (Å²) in [5, 5.41) is 12.3. The molecule has 1 aromatic heterocycles. The Bertz CT molecular complexity index is 883. The molecule has 1 aliphatic carbocycles. The quantitative estimate of drug-likeness (QED) is 0.726. The molecule has 0 aromatic carbocycles. The van der Waals surface area contributed by atoms with Gasteiger partial charge in [0.05, 0.1) is 6.67 Å². The Morgan fingerprint density at radius 2 is 1.61 bits per heavy atom. The minimum absolute atomic E-state index is 0.195. The zero-order valence-corrected chi connectivity index (χ0v) is 14.9. The Balaban J connectivity index is 1.84. The van der Waals surface area contributed by atoms with Crippen LogP contribution in [0, 0.1) is 11.8 Å². The molecule has 0 saturated heterocycles. The van der Waals surface area contributed by atoms with Gasteiger partial charge in [0.2, 0.25) is 0 Å². The number of aliphatic hydroxyl groups is 1. The van der Waals surface area contributed by atoms with Gasteiger partial charge in [-0.1, -0.05) is 0 Å². The third-order valence-corrected chi connectivity index (χ3v) is 5.52. The second kappa shape index (κ2) is 6.16. The molecule has 1 aromatic rings. The number of alkyl halides is 6. The highest BCUT2D eigenvalue weighted by Crippen LogP contribution is 2.55. The first kappa shape index (κ1) is 20.6. The lowest BCUT2D eigenvalue weighted by atomic mass is 9.65. The highest BCUT2D eigenvalue weighted by Gasteiger charge is 2.75. The number of halogens is 6. The van der Waals surface area contributed by atoms with Crippen molar-refractivity contribution < 1.29 is 31.4 Å². The van der Waals surface area contributed by atoms with Crippen LogP contribution in [0.2, 0.25) is 0 Å². The van der Waals surface area contributed by atoms with E-state index in [1.54, 1.807) is 11.9 Å². The summed E-state index contributed by atoms with van der Waals surface area (Å²) in [6.07, 6.45) is -13.0. The van der Waals surface area contributed by atoms with E-state index < -0.39 is 53.9 Å². The lowest BCUT2D eigenvalue weighted by Gasteiger charge is -2.46. The van der Waals surface area contributed by atoms with Gasteiger partial charge in [-0.15, -0.1) is 0 Å². The first-order valence-electron chi connectivity index (χ1n) is 8.34. The van der Waals surface area contributed by atoms with Crippen molar-refractivity contribution in [2.24, 2.45) is 18.9 Å². The molecule has 7 nitrogen and oxygen atoms in total. The predicted molar refractivity (Wildman–Crippen MR) is 86.1 cm³/mol. The fraction of sp³-hybridized carbons (Fsp3) is 0.733. The number of fused-ring (bicyclic) bond motifs is 1. The third kappa shape index (κ3) is 2.78. The van der Waals surface area contributed by atoms with Crippen molar-refractivity contribution in [1.29, 1.82) is 0 Å². The molecule has 2 aliphatic rings. The highest BCUT2D eigenvalue weighted by molar-refractivity contribution is 5.69. The van der Waals surface area contributed by atoms with E-state index in [4.69, 9.17) is 0 Å². The second-order valence-corrected chi connectivity index (χ2v) is 7.28. The van der Waals surface area contributed by atoms with E-state index in [-0.39, 0.29) is 18.9 Å². The van der Waals surface area contributed by atoms with Gasteiger partial charge in [-0.2, -0.15) is 26.3 Å². The average molecular weight is 416 g/mol. The van der Waals surface area contributed by atoms with E-state index in [9.17, 15) is 41.0 Å². The summed E-state index contributed by atoms with van der Waals surface area (Å²) in [7, 11) is 3.00. The van der Waals surface area contributed by atoms with E-state index in [1.165, 1.54) is 7.05 Å². The van der Waals surface area contributed by atoms with Gasteiger partial charge in [-0.25, -0.2) is 4.79 Å². The van der Waals surface area contributed by atoms with Crippen molar-refractivity contribution >= 4 is 11.5 Å². The SMILES string of the molecule is CN1CNc2c1c(=O)n(C[C@H]1C[C@@H](C(O)(C(F)(F)F)C(F)(F)F)C1)c(=O)n2C. The number of rotatable bonds is 3. The summed E-state index contributed by atoms with van der Waals surface area (Å²) in [4.78, 5) is 26.5. The normalized spacial score (nSPS) is 22.7.